The highest BCUT2D eigenvalue weighted by atomic mass is 19.4. The van der Waals surface area contributed by atoms with Gasteiger partial charge in [-0.05, 0) is 31.0 Å². The van der Waals surface area contributed by atoms with Crippen molar-refractivity contribution in [2.75, 3.05) is 0 Å². The van der Waals surface area contributed by atoms with Crippen LogP contribution < -0.4 is 0 Å². The number of benzene rings is 1. The van der Waals surface area contributed by atoms with E-state index in [2.05, 4.69) is 20.2 Å². The highest BCUT2D eigenvalue weighted by Gasteiger charge is 2.32. The van der Waals surface area contributed by atoms with Crippen molar-refractivity contribution in [2.45, 2.75) is 44.2 Å². The van der Waals surface area contributed by atoms with Gasteiger partial charge in [0.1, 0.15) is 18.4 Å². The number of carbonyl (C=O) groups excluding carboxylic acids is 1. The molecule has 1 aliphatic carbocycles. The number of hydrogen-bond acceptors (Lipinski definition) is 6. The van der Waals surface area contributed by atoms with E-state index in [1.54, 1.807) is 0 Å². The quantitative estimate of drug-likeness (QED) is 0.629. The average Bonchev–Trinajstić information content (AvgIpc) is 3.31. The summed E-state index contributed by atoms with van der Waals surface area (Å²) in [6.07, 6.45) is 1.38. The summed E-state index contributed by atoms with van der Waals surface area (Å²) < 4.78 is 46.3. The summed E-state index contributed by atoms with van der Waals surface area (Å²) >= 11 is 0. The van der Waals surface area contributed by atoms with Crippen molar-refractivity contribution in [2.24, 2.45) is 0 Å². The molecule has 2 aromatic heterocycles. The molecule has 10 heteroatoms. The van der Waals surface area contributed by atoms with E-state index in [0.717, 1.165) is 31.4 Å². The highest BCUT2D eigenvalue weighted by molar-refractivity contribution is 5.79. The topological polar surface area (TPSA) is 86.7 Å². The van der Waals surface area contributed by atoms with Crippen LogP contribution in [0, 0.1) is 0 Å². The number of carbonyl (C=O) groups is 1. The van der Waals surface area contributed by atoms with Gasteiger partial charge in [-0.25, -0.2) is 9.67 Å². The molecule has 0 saturated heterocycles. The Labute approximate surface area is 157 Å². The van der Waals surface area contributed by atoms with Gasteiger partial charge >= 0.3 is 6.18 Å². The first-order valence-corrected chi connectivity index (χ1v) is 8.84. The minimum atomic E-state index is -4.52. The van der Waals surface area contributed by atoms with Crippen LogP contribution in [0.15, 0.2) is 35.4 Å². The van der Waals surface area contributed by atoms with Gasteiger partial charge in [0, 0.05) is 24.3 Å². The highest BCUT2D eigenvalue weighted by Crippen LogP contribution is 2.36. The molecule has 2 heterocycles. The van der Waals surface area contributed by atoms with Gasteiger partial charge in [0.15, 0.2) is 0 Å². The van der Waals surface area contributed by atoms with Crippen LogP contribution in [0.25, 0.3) is 17.1 Å². The van der Waals surface area contributed by atoms with Gasteiger partial charge in [0.25, 0.3) is 0 Å². The summed E-state index contributed by atoms with van der Waals surface area (Å²) in [4.78, 5) is 20.0. The maximum atomic E-state index is 13.2. The monoisotopic (exact) mass is 391 g/mol. The van der Waals surface area contributed by atoms with E-state index >= 15 is 0 Å². The van der Waals surface area contributed by atoms with Crippen LogP contribution in [0.2, 0.25) is 0 Å². The lowest BCUT2D eigenvalue weighted by Gasteiger charge is -2.11. The third-order valence-corrected chi connectivity index (χ3v) is 4.75. The molecule has 1 unspecified atom stereocenters. The number of Topliss-reactive ketones (excluding diaryl/α,β-unsaturated/α-hetero) is 1. The van der Waals surface area contributed by atoms with Crippen LogP contribution in [0.3, 0.4) is 0 Å². The first-order chi connectivity index (χ1) is 13.4. The molecule has 1 fully saturated rings. The molecule has 28 heavy (non-hydrogen) atoms. The van der Waals surface area contributed by atoms with E-state index in [4.69, 9.17) is 4.52 Å². The molecule has 0 radical (unpaired) electrons. The summed E-state index contributed by atoms with van der Waals surface area (Å²) in [6, 6.07) is 3.22. The Bertz CT molecular complexity index is 982. The number of rotatable bonds is 3. The summed E-state index contributed by atoms with van der Waals surface area (Å²) in [5, 5.41) is 7.86. The molecule has 0 spiro atoms. The fourth-order valence-corrected chi connectivity index (χ4v) is 3.34. The number of hydrogen-bond donors (Lipinski definition) is 0. The maximum absolute atomic E-state index is 13.2. The Balaban J connectivity index is 1.75. The lowest BCUT2D eigenvalue weighted by atomic mass is 10.00. The summed E-state index contributed by atoms with van der Waals surface area (Å²) in [5.41, 5.74) is -0.368. The van der Waals surface area contributed by atoms with E-state index in [0.29, 0.717) is 18.5 Å². The van der Waals surface area contributed by atoms with E-state index in [1.807, 2.05) is 0 Å². The third-order valence-electron chi connectivity index (χ3n) is 4.75. The van der Waals surface area contributed by atoms with E-state index in [1.165, 1.54) is 23.4 Å². The second kappa shape index (κ2) is 7.17. The van der Waals surface area contributed by atoms with Crippen LogP contribution in [0.4, 0.5) is 13.2 Å². The van der Waals surface area contributed by atoms with Gasteiger partial charge in [-0.3, -0.25) is 4.79 Å². The van der Waals surface area contributed by atoms with Crippen molar-refractivity contribution in [3.05, 3.63) is 42.3 Å². The maximum Gasteiger partial charge on any atom is 0.416 e. The molecule has 7 nitrogen and oxygen atoms in total. The second-order valence-corrected chi connectivity index (χ2v) is 6.71. The van der Waals surface area contributed by atoms with Crippen LogP contribution in [-0.4, -0.2) is 30.7 Å². The third kappa shape index (κ3) is 3.67. The fraction of sp³-hybridized carbons (Fsp3) is 0.389. The zero-order valence-electron chi connectivity index (χ0n) is 14.7. The lowest BCUT2D eigenvalue weighted by Crippen LogP contribution is -2.07. The van der Waals surface area contributed by atoms with Crippen LogP contribution in [-0.2, 0) is 11.0 Å². The van der Waals surface area contributed by atoms with Gasteiger partial charge in [-0.1, -0.05) is 11.6 Å². The normalized spacial score (nSPS) is 18.2. The van der Waals surface area contributed by atoms with Gasteiger partial charge < -0.3 is 4.52 Å². The summed E-state index contributed by atoms with van der Waals surface area (Å²) in [5.74, 6) is 0.206. The smallest absolute Gasteiger partial charge is 0.339 e. The van der Waals surface area contributed by atoms with Crippen LogP contribution in [0.1, 0.15) is 49.5 Å². The number of halogens is 3. The molecule has 0 amide bonds. The van der Waals surface area contributed by atoms with Crippen LogP contribution >= 0.6 is 0 Å². The molecule has 1 aromatic carbocycles. The second-order valence-electron chi connectivity index (χ2n) is 6.71. The van der Waals surface area contributed by atoms with Gasteiger partial charge in [0.2, 0.25) is 11.7 Å². The molecule has 1 saturated carbocycles. The van der Waals surface area contributed by atoms with Crippen molar-refractivity contribution in [1.29, 1.82) is 0 Å². The Hall–Kier alpha value is -3.04. The lowest BCUT2D eigenvalue weighted by molar-refractivity contribution is -0.137. The Morgan fingerprint density at radius 1 is 1.21 bits per heavy atom. The molecule has 0 bridgehead atoms. The molecule has 0 N–H and O–H groups in total. The fourth-order valence-electron chi connectivity index (χ4n) is 3.34. The van der Waals surface area contributed by atoms with Crippen molar-refractivity contribution in [3.8, 4) is 17.1 Å². The molecule has 1 atom stereocenters. The van der Waals surface area contributed by atoms with Gasteiger partial charge in [-0.2, -0.15) is 23.3 Å². The molecule has 3 aromatic rings. The molecule has 0 aliphatic heterocycles. The molecule has 146 valence electrons. The van der Waals surface area contributed by atoms with Crippen molar-refractivity contribution in [1.82, 2.24) is 24.9 Å². The Morgan fingerprint density at radius 3 is 2.82 bits per heavy atom. The van der Waals surface area contributed by atoms with Crippen molar-refractivity contribution in [3.63, 3.8) is 0 Å². The minimum absolute atomic E-state index is 0.0169. The van der Waals surface area contributed by atoms with Gasteiger partial charge in [-0.15, -0.1) is 0 Å². The Morgan fingerprint density at radius 2 is 2.07 bits per heavy atom. The number of ketones is 1. The first kappa shape index (κ1) is 18.3. The number of nitrogens with zero attached hydrogens (tertiary/aromatic N) is 5. The van der Waals surface area contributed by atoms with Crippen LogP contribution in [0.5, 0.6) is 0 Å². The van der Waals surface area contributed by atoms with E-state index in [9.17, 15) is 18.0 Å². The minimum Gasteiger partial charge on any atom is -0.339 e. The predicted octanol–water partition coefficient (Wildman–Crippen LogP) is 3.95. The van der Waals surface area contributed by atoms with E-state index in [-0.39, 0.29) is 29.0 Å². The number of alkyl halides is 3. The summed E-state index contributed by atoms with van der Waals surface area (Å²) in [7, 11) is 0. The van der Waals surface area contributed by atoms with Crippen molar-refractivity contribution >= 4 is 5.78 Å². The van der Waals surface area contributed by atoms with Gasteiger partial charge in [0.05, 0.1) is 11.3 Å². The zero-order chi connectivity index (χ0) is 19.7. The first-order valence-electron chi connectivity index (χ1n) is 8.84. The van der Waals surface area contributed by atoms with Crippen molar-refractivity contribution < 1.29 is 22.5 Å². The van der Waals surface area contributed by atoms with E-state index < -0.39 is 11.7 Å². The largest absolute Gasteiger partial charge is 0.416 e. The average molecular weight is 391 g/mol. The number of aromatic nitrogens is 5. The SMILES string of the molecule is O=C1CCCCC(c2nc(-c3cc(C(F)(F)F)ccc3-n3cncn3)no2)C1. The molecule has 1 aliphatic rings. The zero-order valence-corrected chi connectivity index (χ0v) is 14.7. The standard InChI is InChI=1S/C18H16F3N5O2/c19-18(20,21)12-5-6-15(26-10-22-9-23-26)14(8-12)16-24-17(28-25-16)11-3-1-2-4-13(27)7-11/h5-6,8-11H,1-4,7H2. The predicted molar refractivity (Wildman–Crippen MR) is 90.5 cm³/mol. The molecular formula is C18H16F3N5O2. The molecular weight excluding hydrogens is 375 g/mol. The Kier molecular flexibility index (Phi) is 4.70. The summed E-state index contributed by atoms with van der Waals surface area (Å²) in [6.45, 7) is 0. The molecule has 4 rings (SSSR count).